The van der Waals surface area contributed by atoms with Crippen LogP contribution >= 0.6 is 0 Å². The van der Waals surface area contributed by atoms with Crippen LogP contribution in [-0.2, 0) is 0 Å². The number of nitrogens with zero attached hydrogens (tertiary/aromatic N) is 4. The van der Waals surface area contributed by atoms with Crippen LogP contribution in [0.25, 0.3) is 11.5 Å². The quantitative estimate of drug-likeness (QED) is 0.497. The minimum absolute atomic E-state index is 0.118. The molecule has 8 nitrogen and oxygen atoms in total. The first kappa shape index (κ1) is 6.58. The van der Waals surface area contributed by atoms with Crippen molar-refractivity contribution in [3.05, 3.63) is 0 Å². The molecule has 0 spiro atoms. The molecule has 12 heavy (non-hydrogen) atoms. The van der Waals surface area contributed by atoms with Gasteiger partial charge in [0.2, 0.25) is 5.95 Å². The topological polar surface area (TPSA) is 133 Å². The summed E-state index contributed by atoms with van der Waals surface area (Å²) in [5, 5.41) is 13.0. The SMILES string of the molecule is Nc1n[nH]c(-c2nonc2N)n1. The van der Waals surface area contributed by atoms with E-state index in [9.17, 15) is 0 Å². The third kappa shape index (κ3) is 0.856. The van der Waals surface area contributed by atoms with Crippen molar-refractivity contribution in [2.45, 2.75) is 0 Å². The van der Waals surface area contributed by atoms with Crippen LogP contribution in [0.5, 0.6) is 0 Å². The summed E-state index contributed by atoms with van der Waals surface area (Å²) in [6, 6.07) is 0. The second-order valence-corrected chi connectivity index (χ2v) is 2.04. The van der Waals surface area contributed by atoms with Crippen molar-refractivity contribution < 1.29 is 4.63 Å². The summed E-state index contributed by atoms with van der Waals surface area (Å²) >= 11 is 0. The molecule has 0 aliphatic carbocycles. The molecule has 2 aromatic rings. The summed E-state index contributed by atoms with van der Waals surface area (Å²) in [5.74, 6) is 0.602. The Labute approximate surface area is 65.9 Å². The van der Waals surface area contributed by atoms with E-state index in [4.69, 9.17) is 11.5 Å². The first-order chi connectivity index (χ1) is 5.77. The van der Waals surface area contributed by atoms with Crippen molar-refractivity contribution in [1.29, 1.82) is 0 Å². The lowest BCUT2D eigenvalue weighted by molar-refractivity contribution is 0.310. The summed E-state index contributed by atoms with van der Waals surface area (Å²) in [7, 11) is 0. The van der Waals surface area contributed by atoms with Crippen LogP contribution < -0.4 is 11.5 Å². The van der Waals surface area contributed by atoms with Gasteiger partial charge in [0, 0.05) is 0 Å². The van der Waals surface area contributed by atoms with E-state index in [2.05, 4.69) is 30.1 Å². The fraction of sp³-hybridized carbons (Fsp3) is 0. The number of nitrogens with one attached hydrogen (secondary N) is 1. The van der Waals surface area contributed by atoms with Gasteiger partial charge in [-0.3, -0.25) is 5.10 Å². The first-order valence-corrected chi connectivity index (χ1v) is 3.03. The van der Waals surface area contributed by atoms with Gasteiger partial charge in [0.1, 0.15) is 0 Å². The number of hydrogen-bond donors (Lipinski definition) is 3. The van der Waals surface area contributed by atoms with Crippen molar-refractivity contribution >= 4 is 11.8 Å². The van der Waals surface area contributed by atoms with E-state index in [1.165, 1.54) is 0 Å². The van der Waals surface area contributed by atoms with Crippen molar-refractivity contribution in [3.8, 4) is 11.5 Å². The van der Waals surface area contributed by atoms with Gasteiger partial charge in [-0.2, -0.15) is 4.98 Å². The average molecular weight is 167 g/mol. The Kier molecular flexibility index (Phi) is 1.20. The highest BCUT2D eigenvalue weighted by Crippen LogP contribution is 2.17. The highest BCUT2D eigenvalue weighted by atomic mass is 16.6. The van der Waals surface area contributed by atoms with Crippen LogP contribution in [0.1, 0.15) is 0 Å². The molecule has 0 saturated heterocycles. The monoisotopic (exact) mass is 167 g/mol. The standard InChI is InChI=1S/C4H5N7O/c5-2-1(10-12-11-2)3-7-4(6)9-8-3/h(H2,5,11)(H3,6,7,8,9). The minimum atomic E-state index is 0.118. The smallest absolute Gasteiger partial charge is 0.239 e. The molecule has 2 aromatic heterocycles. The second kappa shape index (κ2) is 2.19. The normalized spacial score (nSPS) is 10.3. The summed E-state index contributed by atoms with van der Waals surface area (Å²) < 4.78 is 4.36. The number of aromatic amines is 1. The van der Waals surface area contributed by atoms with Crippen LogP contribution in [0.3, 0.4) is 0 Å². The van der Waals surface area contributed by atoms with Gasteiger partial charge in [0.05, 0.1) is 0 Å². The predicted molar refractivity (Wildman–Crippen MR) is 38.5 cm³/mol. The van der Waals surface area contributed by atoms with E-state index in [0.717, 1.165) is 0 Å². The number of rotatable bonds is 1. The highest BCUT2D eigenvalue weighted by Gasteiger charge is 2.12. The van der Waals surface area contributed by atoms with E-state index in [-0.39, 0.29) is 11.8 Å². The van der Waals surface area contributed by atoms with Gasteiger partial charge >= 0.3 is 0 Å². The molecule has 0 fully saturated rings. The lowest BCUT2D eigenvalue weighted by Crippen LogP contribution is -1.90. The second-order valence-electron chi connectivity index (χ2n) is 2.04. The molecule has 62 valence electrons. The van der Waals surface area contributed by atoms with Gasteiger partial charge in [-0.1, -0.05) is 0 Å². The van der Waals surface area contributed by atoms with Gasteiger partial charge in [0.25, 0.3) is 0 Å². The van der Waals surface area contributed by atoms with Crippen molar-refractivity contribution in [1.82, 2.24) is 25.5 Å². The van der Waals surface area contributed by atoms with E-state index >= 15 is 0 Å². The highest BCUT2D eigenvalue weighted by molar-refractivity contribution is 5.62. The molecule has 5 N–H and O–H groups in total. The Hall–Kier alpha value is -2.12. The Balaban J connectivity index is 2.50. The molecule has 0 unspecified atom stereocenters. The number of anilines is 2. The van der Waals surface area contributed by atoms with E-state index in [1.807, 2.05) is 0 Å². The first-order valence-electron chi connectivity index (χ1n) is 3.03. The Morgan fingerprint density at radius 2 is 2.08 bits per heavy atom. The third-order valence-electron chi connectivity index (χ3n) is 1.24. The van der Waals surface area contributed by atoms with Crippen LogP contribution in [-0.4, -0.2) is 25.5 Å². The van der Waals surface area contributed by atoms with Gasteiger partial charge in [-0.05, 0) is 10.3 Å². The molecule has 0 saturated carbocycles. The van der Waals surface area contributed by atoms with Crippen molar-refractivity contribution in [3.63, 3.8) is 0 Å². The van der Waals surface area contributed by atoms with Gasteiger partial charge in [0.15, 0.2) is 17.3 Å². The summed E-state index contributed by atoms with van der Waals surface area (Å²) in [4.78, 5) is 3.78. The molecule has 0 amide bonds. The summed E-state index contributed by atoms with van der Waals surface area (Å²) in [5.41, 5.74) is 11.0. The van der Waals surface area contributed by atoms with Gasteiger partial charge in [-0.15, -0.1) is 5.10 Å². The maximum absolute atomic E-state index is 5.39. The molecule has 0 aliphatic heterocycles. The zero-order chi connectivity index (χ0) is 8.55. The maximum Gasteiger partial charge on any atom is 0.239 e. The molecule has 0 bridgehead atoms. The zero-order valence-electron chi connectivity index (χ0n) is 5.85. The molecular weight excluding hydrogens is 162 g/mol. The molecule has 0 radical (unpaired) electrons. The van der Waals surface area contributed by atoms with E-state index in [0.29, 0.717) is 11.5 Å². The number of hydrogen-bond acceptors (Lipinski definition) is 7. The lowest BCUT2D eigenvalue weighted by atomic mass is 10.4. The fourth-order valence-corrected chi connectivity index (χ4v) is 0.740. The number of aromatic nitrogens is 5. The lowest BCUT2D eigenvalue weighted by Gasteiger charge is -1.84. The van der Waals surface area contributed by atoms with E-state index < -0.39 is 0 Å². The Morgan fingerprint density at radius 3 is 2.58 bits per heavy atom. The number of nitrogen functional groups attached to an aromatic ring is 2. The summed E-state index contributed by atoms with van der Waals surface area (Å²) in [6.45, 7) is 0. The maximum atomic E-state index is 5.39. The third-order valence-corrected chi connectivity index (χ3v) is 1.24. The predicted octanol–water partition coefficient (Wildman–Crippen LogP) is -0.981. The van der Waals surface area contributed by atoms with Crippen molar-refractivity contribution in [2.75, 3.05) is 11.5 Å². The van der Waals surface area contributed by atoms with Gasteiger partial charge in [-0.25, -0.2) is 4.63 Å². The summed E-state index contributed by atoms with van der Waals surface area (Å²) in [6.07, 6.45) is 0. The minimum Gasteiger partial charge on any atom is -0.379 e. The van der Waals surface area contributed by atoms with E-state index in [1.54, 1.807) is 0 Å². The molecule has 2 heterocycles. The fourth-order valence-electron chi connectivity index (χ4n) is 0.740. The molecule has 8 heteroatoms. The molecule has 0 aliphatic rings. The van der Waals surface area contributed by atoms with Crippen LogP contribution in [0.4, 0.5) is 11.8 Å². The molecule has 2 rings (SSSR count). The zero-order valence-corrected chi connectivity index (χ0v) is 5.85. The largest absolute Gasteiger partial charge is 0.379 e. The van der Waals surface area contributed by atoms with Crippen LogP contribution in [0, 0.1) is 0 Å². The van der Waals surface area contributed by atoms with Crippen LogP contribution in [0.15, 0.2) is 4.63 Å². The van der Waals surface area contributed by atoms with Gasteiger partial charge < -0.3 is 11.5 Å². The number of H-pyrrole nitrogens is 1. The number of nitrogens with two attached hydrogens (primary N) is 2. The molecule has 0 aromatic carbocycles. The molecule has 0 atom stereocenters. The average Bonchev–Trinajstić information content (AvgIpc) is 2.58. The Morgan fingerprint density at radius 1 is 1.25 bits per heavy atom. The molecular formula is C4H5N7O. The Bertz CT molecular complexity index is 390. The van der Waals surface area contributed by atoms with Crippen molar-refractivity contribution in [2.24, 2.45) is 0 Å². The van der Waals surface area contributed by atoms with Crippen LogP contribution in [0.2, 0.25) is 0 Å².